The normalized spacial score (nSPS) is 16.8. The third-order valence-corrected chi connectivity index (χ3v) is 22.4. The number of ketones is 1. The van der Waals surface area contributed by atoms with Gasteiger partial charge in [-0.2, -0.15) is 60.0 Å². The van der Waals surface area contributed by atoms with Gasteiger partial charge in [-0.1, -0.05) is 79.4 Å². The number of pyridine rings is 4. The number of para-hydroxylation sites is 4. The molecular weight excluding hydrogens is 1680 g/mol. The topological polar surface area (TPSA) is 335 Å². The molecule has 12 aromatic rings. The molecule has 0 spiro atoms. The SMILES string of the molecule is C=C(C)OCC.CC(=O)c1cccc(N2CC[C@@H](C)N(C(=O)c3ccccc3-n3nccn3)CC2)n1.CC(O)c1cccc(N2CC[C@@H](C)N(C(=O)c3ccccc3-n3nccn3)CC2)n1.C[C@@H]1CCN(c2cccc(Br)n2)CCN1C(=O)c1ccccc1-n1nccn1.C[C@@H]1CCN(c2cccc(C(C)(C)O)n2)CCN1C(=O)c1ccccc1-n1nccn1.[B].[H-].[Na+]. The Morgan fingerprint density at radius 3 is 1.01 bits per heavy atom. The average molecular weight is 1790 g/mol. The number of allylic oxidation sites excluding steroid dienone is 1. The van der Waals surface area contributed by atoms with E-state index < -0.39 is 11.7 Å². The molecule has 4 aromatic carbocycles. The Balaban J connectivity index is 0.000000187. The standard InChI is InChI=1S/C23H28N6O2.C22H26N6O2.C22H24N6O2.C20H21BrN6O.C5H10O.B.Na.H/c1-17-11-14-27(21-10-6-9-20(26-21)23(2,3)31)15-16-28(17)22(30)18-7-4-5-8-19(18)29-24-12-13-25-29;2*1-16-10-13-26(21-9-5-7-19(25-21)17(2)29)14-15-27(16)22(30)18-6-3-4-8-20(18)28-23-11-12-24-28;1-15-9-12-25(19-8-4-7-18(21)24-19)13-14-26(15)20(28)16-5-2-3-6-17(16)27-22-10-11-23-27;1-4-6-5(2)3;;;/h4-10,12-13,17,31H,11,14-16H2,1-3H3;3-9,11-12,16-17,29H,10,13-15H2,1-2H3;3-9,11-12,16H,10,13-15H2,1-2H3;2-8,10-11,15H,9,12-14H2,1H3;2,4H2,1,3H3;;;/q;;;;;;+1;-1/t17-;16-,17?;16-;15-;;;;/m1111..../s1. The third kappa shape index (κ3) is 25.4. The van der Waals surface area contributed by atoms with E-state index in [1.807, 2.05) is 197 Å². The van der Waals surface area contributed by atoms with Crippen LogP contribution in [0.4, 0.5) is 23.3 Å². The molecule has 4 amide bonds. The number of amides is 4. The van der Waals surface area contributed by atoms with Crippen molar-refractivity contribution < 1.29 is 69.9 Å². The first-order chi connectivity index (χ1) is 60.3. The Labute approximate surface area is 775 Å². The molecule has 35 heteroatoms. The van der Waals surface area contributed by atoms with Gasteiger partial charge in [-0.05, 0) is 201 Å². The predicted molar refractivity (Wildman–Crippen MR) is 489 cm³/mol. The fraction of sp³-hybridized carbons (Fsp3) is 0.359. The van der Waals surface area contributed by atoms with Gasteiger partial charge in [-0.15, -0.1) is 0 Å². The van der Waals surface area contributed by atoms with Crippen LogP contribution < -0.4 is 49.2 Å². The van der Waals surface area contributed by atoms with Gasteiger partial charge in [0.2, 0.25) is 0 Å². The number of aliphatic hydroxyl groups is 2. The summed E-state index contributed by atoms with van der Waals surface area (Å²) in [5.74, 6) is 3.99. The molecule has 4 saturated heterocycles. The molecule has 4 fully saturated rings. The fourth-order valence-corrected chi connectivity index (χ4v) is 15.4. The van der Waals surface area contributed by atoms with Crippen molar-refractivity contribution in [2.45, 2.75) is 131 Å². The largest absolute Gasteiger partial charge is 1.00 e. The third-order valence-electron chi connectivity index (χ3n) is 22.0. The van der Waals surface area contributed by atoms with Crippen LogP contribution in [0.3, 0.4) is 0 Å². The van der Waals surface area contributed by atoms with E-state index in [-0.39, 0.29) is 93.0 Å². The van der Waals surface area contributed by atoms with Gasteiger partial charge in [0.15, 0.2) is 5.78 Å². The van der Waals surface area contributed by atoms with Gasteiger partial charge in [0.05, 0.1) is 124 Å². The minimum absolute atomic E-state index is 0. The van der Waals surface area contributed by atoms with Crippen LogP contribution in [0.5, 0.6) is 0 Å². The summed E-state index contributed by atoms with van der Waals surface area (Å²) in [5, 5.41) is 53.6. The van der Waals surface area contributed by atoms with E-state index in [0.717, 1.165) is 98.6 Å². The van der Waals surface area contributed by atoms with Crippen molar-refractivity contribution in [2.75, 3.05) is 105 Å². The van der Waals surface area contributed by atoms with Crippen molar-refractivity contribution in [1.29, 1.82) is 0 Å². The zero-order chi connectivity index (χ0) is 88.7. The number of carbonyl (C=O) groups is 5. The summed E-state index contributed by atoms with van der Waals surface area (Å²) in [7, 11) is 0. The van der Waals surface area contributed by atoms with Crippen LogP contribution in [0.1, 0.15) is 166 Å². The molecule has 12 heterocycles. The van der Waals surface area contributed by atoms with Gasteiger partial charge >= 0.3 is 29.6 Å². The first-order valence-electron chi connectivity index (χ1n) is 42.1. The number of rotatable bonds is 17. The molecule has 32 nitrogen and oxygen atoms in total. The number of nitrogens with zero attached hydrogens (tertiary/aromatic N) is 24. The molecule has 127 heavy (non-hydrogen) atoms. The number of aromatic nitrogens is 16. The molecule has 2 N–H and O–H groups in total. The zero-order valence-corrected chi connectivity index (χ0v) is 77.5. The Morgan fingerprint density at radius 1 is 0.425 bits per heavy atom. The summed E-state index contributed by atoms with van der Waals surface area (Å²) >= 11 is 3.44. The van der Waals surface area contributed by atoms with Gasteiger partial charge in [0, 0.05) is 118 Å². The molecule has 4 aliphatic rings. The van der Waals surface area contributed by atoms with E-state index in [4.69, 9.17) is 4.74 Å². The summed E-state index contributed by atoms with van der Waals surface area (Å²) in [5.41, 5.74) is 5.80. The number of anilines is 4. The van der Waals surface area contributed by atoms with Gasteiger partial charge in [0.1, 0.15) is 39.2 Å². The van der Waals surface area contributed by atoms with Crippen molar-refractivity contribution in [3.05, 3.63) is 276 Å². The smallest absolute Gasteiger partial charge is 1.00 e. The zero-order valence-electron chi connectivity index (χ0n) is 74.9. The number of aliphatic hydroxyl groups excluding tert-OH is 1. The second kappa shape index (κ2) is 46.3. The second-order valence-corrected chi connectivity index (χ2v) is 32.1. The summed E-state index contributed by atoms with van der Waals surface area (Å²) < 4.78 is 5.66. The fourth-order valence-electron chi connectivity index (χ4n) is 15.1. The first kappa shape index (κ1) is 97.0. The molecule has 0 aliphatic carbocycles. The molecule has 1 unspecified atom stereocenters. The Morgan fingerprint density at radius 2 is 0.717 bits per heavy atom. The molecule has 16 rings (SSSR count). The molecular formula is C92H110BBrN24NaO8. The van der Waals surface area contributed by atoms with E-state index in [1.165, 1.54) is 26.1 Å². The van der Waals surface area contributed by atoms with Crippen molar-refractivity contribution in [3.8, 4) is 22.7 Å². The number of Topliss-reactive ketones (excluding diaryl/α,β-unsaturated/α-hetero) is 1. The summed E-state index contributed by atoms with van der Waals surface area (Å²) in [6, 6.07) is 52.8. The molecule has 8 aromatic heterocycles. The summed E-state index contributed by atoms with van der Waals surface area (Å²) in [6.45, 7) is 31.3. The Hall–Kier alpha value is -12.2. The van der Waals surface area contributed by atoms with Crippen LogP contribution in [0, 0.1) is 0 Å². The maximum atomic E-state index is 13.5. The number of hydrogen-bond donors (Lipinski definition) is 2. The van der Waals surface area contributed by atoms with Crippen LogP contribution in [-0.4, -0.2) is 257 Å². The molecule has 657 valence electrons. The Kier molecular flexibility index (Phi) is 35.4. The summed E-state index contributed by atoms with van der Waals surface area (Å²) in [4.78, 5) is 106. The minimum atomic E-state index is -0.999. The van der Waals surface area contributed by atoms with Crippen molar-refractivity contribution in [1.82, 2.24) is 99.5 Å². The van der Waals surface area contributed by atoms with Crippen LogP contribution in [0.25, 0.3) is 22.7 Å². The van der Waals surface area contributed by atoms with Gasteiger partial charge in [-0.3, -0.25) is 24.0 Å². The first-order valence-corrected chi connectivity index (χ1v) is 42.9. The van der Waals surface area contributed by atoms with Gasteiger partial charge < -0.3 is 55.6 Å². The number of carbonyl (C=O) groups excluding carboxylic acids is 5. The van der Waals surface area contributed by atoms with Crippen LogP contribution in [0.2, 0.25) is 0 Å². The van der Waals surface area contributed by atoms with Crippen molar-refractivity contribution >= 4 is 77.0 Å². The van der Waals surface area contributed by atoms with Gasteiger partial charge in [0.25, 0.3) is 23.6 Å². The molecule has 3 radical (unpaired) electrons. The average Bonchev–Trinajstić information content (AvgIpc) is 1.58. The predicted octanol–water partition coefficient (Wildman–Crippen LogP) is 9.15. The monoisotopic (exact) mass is 1790 g/mol. The van der Waals surface area contributed by atoms with Crippen molar-refractivity contribution in [2.24, 2.45) is 0 Å². The van der Waals surface area contributed by atoms with Crippen LogP contribution in [-0.2, 0) is 10.3 Å². The number of halogens is 1. The van der Waals surface area contributed by atoms with Gasteiger partial charge in [-0.25, -0.2) is 19.9 Å². The number of ether oxygens (including phenoxy) is 1. The molecule has 4 aliphatic heterocycles. The Bertz CT molecular complexity index is 5560. The molecule has 0 saturated carbocycles. The van der Waals surface area contributed by atoms with E-state index in [2.05, 4.69) is 131 Å². The number of hydrogen-bond acceptors (Lipinski definition) is 24. The number of benzene rings is 4. The van der Waals surface area contributed by atoms with Crippen LogP contribution >= 0.6 is 15.9 Å². The maximum Gasteiger partial charge on any atom is 1.00 e. The van der Waals surface area contributed by atoms with E-state index in [9.17, 15) is 34.2 Å². The van der Waals surface area contributed by atoms with E-state index >= 15 is 0 Å². The van der Waals surface area contributed by atoms with Crippen molar-refractivity contribution in [3.63, 3.8) is 0 Å². The molecule has 5 atom stereocenters. The summed E-state index contributed by atoms with van der Waals surface area (Å²) in [6.07, 6.45) is 15.5. The molecule has 0 bridgehead atoms. The quantitative estimate of drug-likeness (QED) is 0.0371. The van der Waals surface area contributed by atoms with Crippen LogP contribution in [0.15, 0.2) is 236 Å². The minimum Gasteiger partial charge on any atom is -1.00 e. The van der Waals surface area contributed by atoms with E-state index in [1.54, 1.807) is 76.4 Å². The maximum absolute atomic E-state index is 13.5. The van der Waals surface area contributed by atoms with E-state index in [0.29, 0.717) is 108 Å². The second-order valence-electron chi connectivity index (χ2n) is 31.3.